The SMILES string of the molecule is Cc1sc(NC(=O)CCC2CCCC2)c(C(N)=O)c1-c1ccccc1. The van der Waals surface area contributed by atoms with E-state index in [4.69, 9.17) is 5.73 Å². The highest BCUT2D eigenvalue weighted by Crippen LogP contribution is 2.39. The number of hydrogen-bond acceptors (Lipinski definition) is 3. The quantitative estimate of drug-likeness (QED) is 0.785. The van der Waals surface area contributed by atoms with Crippen molar-refractivity contribution < 1.29 is 9.59 Å². The molecule has 132 valence electrons. The molecule has 1 aromatic carbocycles. The number of rotatable bonds is 6. The molecule has 0 unspecified atom stereocenters. The lowest BCUT2D eigenvalue weighted by Crippen LogP contribution is -2.17. The van der Waals surface area contributed by atoms with E-state index >= 15 is 0 Å². The predicted molar refractivity (Wildman–Crippen MR) is 103 cm³/mol. The Labute approximate surface area is 152 Å². The normalized spacial score (nSPS) is 14.6. The maximum absolute atomic E-state index is 12.3. The van der Waals surface area contributed by atoms with Gasteiger partial charge in [0.2, 0.25) is 5.91 Å². The molecule has 0 bridgehead atoms. The minimum absolute atomic E-state index is 0.0322. The molecule has 25 heavy (non-hydrogen) atoms. The van der Waals surface area contributed by atoms with Gasteiger partial charge in [0.15, 0.2) is 0 Å². The molecule has 0 aliphatic heterocycles. The molecule has 2 amide bonds. The van der Waals surface area contributed by atoms with Gasteiger partial charge in [0.05, 0.1) is 5.56 Å². The van der Waals surface area contributed by atoms with E-state index in [1.165, 1.54) is 37.0 Å². The summed E-state index contributed by atoms with van der Waals surface area (Å²) in [6, 6.07) is 9.69. The minimum Gasteiger partial charge on any atom is -0.365 e. The van der Waals surface area contributed by atoms with Gasteiger partial charge in [-0.1, -0.05) is 56.0 Å². The molecule has 0 atom stereocenters. The van der Waals surface area contributed by atoms with Crippen molar-refractivity contribution in [2.24, 2.45) is 11.7 Å². The number of amides is 2. The topological polar surface area (TPSA) is 72.2 Å². The van der Waals surface area contributed by atoms with Crippen LogP contribution < -0.4 is 11.1 Å². The number of benzene rings is 1. The van der Waals surface area contributed by atoms with Gasteiger partial charge in [-0.15, -0.1) is 11.3 Å². The van der Waals surface area contributed by atoms with Crippen LogP contribution in [0.4, 0.5) is 5.00 Å². The highest BCUT2D eigenvalue weighted by molar-refractivity contribution is 7.17. The van der Waals surface area contributed by atoms with E-state index in [0.29, 0.717) is 22.9 Å². The second-order valence-corrected chi connectivity index (χ2v) is 7.93. The smallest absolute Gasteiger partial charge is 0.252 e. The van der Waals surface area contributed by atoms with Crippen molar-refractivity contribution in [2.75, 3.05) is 5.32 Å². The molecule has 2 aromatic rings. The van der Waals surface area contributed by atoms with E-state index in [1.54, 1.807) is 0 Å². The minimum atomic E-state index is -0.505. The fraction of sp³-hybridized carbons (Fsp3) is 0.400. The van der Waals surface area contributed by atoms with Crippen molar-refractivity contribution in [3.05, 3.63) is 40.8 Å². The van der Waals surface area contributed by atoms with Crippen molar-refractivity contribution in [1.82, 2.24) is 0 Å². The second-order valence-electron chi connectivity index (χ2n) is 6.70. The Morgan fingerprint density at radius 3 is 2.52 bits per heavy atom. The first-order valence-corrected chi connectivity index (χ1v) is 9.66. The van der Waals surface area contributed by atoms with Gasteiger partial charge in [-0.3, -0.25) is 9.59 Å². The summed E-state index contributed by atoms with van der Waals surface area (Å²) in [5, 5.41) is 3.50. The first-order chi connectivity index (χ1) is 12.1. The van der Waals surface area contributed by atoms with Crippen LogP contribution in [0.1, 0.15) is 53.8 Å². The maximum atomic E-state index is 12.3. The van der Waals surface area contributed by atoms with Crippen LogP contribution >= 0.6 is 11.3 Å². The third-order valence-electron chi connectivity index (χ3n) is 4.90. The number of thiophene rings is 1. The number of carbonyl (C=O) groups excluding carboxylic acids is 2. The Morgan fingerprint density at radius 1 is 1.20 bits per heavy atom. The van der Waals surface area contributed by atoms with Crippen molar-refractivity contribution in [2.45, 2.75) is 45.4 Å². The van der Waals surface area contributed by atoms with Crippen molar-refractivity contribution >= 4 is 28.2 Å². The zero-order valence-electron chi connectivity index (χ0n) is 14.5. The molecule has 3 rings (SSSR count). The molecule has 1 aliphatic rings. The van der Waals surface area contributed by atoms with Crippen LogP contribution in [-0.4, -0.2) is 11.8 Å². The van der Waals surface area contributed by atoms with E-state index in [0.717, 1.165) is 22.4 Å². The molecular formula is C20H24N2O2S. The first kappa shape index (κ1) is 17.7. The Bertz CT molecular complexity index is 762. The zero-order chi connectivity index (χ0) is 17.8. The number of nitrogens with two attached hydrogens (primary N) is 1. The Morgan fingerprint density at radius 2 is 1.88 bits per heavy atom. The third kappa shape index (κ3) is 4.10. The lowest BCUT2D eigenvalue weighted by atomic mass is 10.0. The highest BCUT2D eigenvalue weighted by Gasteiger charge is 2.23. The van der Waals surface area contributed by atoms with Crippen molar-refractivity contribution in [3.63, 3.8) is 0 Å². The lowest BCUT2D eigenvalue weighted by Gasteiger charge is -2.09. The number of nitrogens with one attached hydrogen (secondary N) is 1. The van der Waals surface area contributed by atoms with Gasteiger partial charge in [-0.25, -0.2) is 0 Å². The van der Waals surface area contributed by atoms with Crippen LogP contribution in [-0.2, 0) is 4.79 Å². The summed E-state index contributed by atoms with van der Waals surface area (Å²) in [6.45, 7) is 1.95. The van der Waals surface area contributed by atoms with Gasteiger partial charge < -0.3 is 11.1 Å². The Balaban J connectivity index is 1.79. The molecule has 1 saturated carbocycles. The summed E-state index contributed by atoms with van der Waals surface area (Å²) in [7, 11) is 0. The predicted octanol–water partition coefficient (Wildman–Crippen LogP) is 4.73. The number of primary amides is 1. The summed E-state index contributed by atoms with van der Waals surface area (Å²) in [5.74, 6) is 0.135. The molecule has 1 aromatic heterocycles. The van der Waals surface area contributed by atoms with Crippen LogP contribution in [0.3, 0.4) is 0 Å². The average Bonchev–Trinajstić information content (AvgIpc) is 3.21. The van der Waals surface area contributed by atoms with Gasteiger partial charge in [-0.2, -0.15) is 0 Å². The molecule has 0 radical (unpaired) electrons. The Kier molecular flexibility index (Phi) is 5.53. The van der Waals surface area contributed by atoms with Crippen LogP contribution in [0.5, 0.6) is 0 Å². The second kappa shape index (κ2) is 7.83. The van der Waals surface area contributed by atoms with Crippen LogP contribution in [0, 0.1) is 12.8 Å². The molecule has 3 N–H and O–H groups in total. The summed E-state index contributed by atoms with van der Waals surface area (Å²) >= 11 is 1.42. The summed E-state index contributed by atoms with van der Waals surface area (Å²) in [4.78, 5) is 25.4. The molecule has 5 heteroatoms. The van der Waals surface area contributed by atoms with Gasteiger partial charge in [0.25, 0.3) is 5.91 Å². The van der Waals surface area contributed by atoms with E-state index in [-0.39, 0.29) is 5.91 Å². The van der Waals surface area contributed by atoms with Gasteiger partial charge in [-0.05, 0) is 24.8 Å². The molecule has 0 spiro atoms. The summed E-state index contributed by atoms with van der Waals surface area (Å²) < 4.78 is 0. The molecule has 4 nitrogen and oxygen atoms in total. The number of hydrogen-bond donors (Lipinski definition) is 2. The van der Waals surface area contributed by atoms with E-state index < -0.39 is 5.91 Å². The highest BCUT2D eigenvalue weighted by atomic mass is 32.1. The molecular weight excluding hydrogens is 332 g/mol. The summed E-state index contributed by atoms with van der Waals surface area (Å²) in [6.07, 6.45) is 6.45. The Hall–Kier alpha value is -2.14. The number of anilines is 1. The molecule has 0 saturated heterocycles. The summed E-state index contributed by atoms with van der Waals surface area (Å²) in [5.41, 5.74) is 7.82. The van der Waals surface area contributed by atoms with E-state index in [1.807, 2.05) is 37.3 Å². The van der Waals surface area contributed by atoms with Crippen molar-refractivity contribution in [1.29, 1.82) is 0 Å². The molecule has 1 aliphatic carbocycles. The van der Waals surface area contributed by atoms with Crippen LogP contribution in [0.15, 0.2) is 30.3 Å². The molecule has 1 heterocycles. The fourth-order valence-electron chi connectivity index (χ4n) is 3.64. The van der Waals surface area contributed by atoms with Crippen LogP contribution in [0.2, 0.25) is 0 Å². The third-order valence-corrected chi connectivity index (χ3v) is 5.92. The fourth-order valence-corrected chi connectivity index (χ4v) is 4.74. The van der Waals surface area contributed by atoms with Gasteiger partial charge in [0.1, 0.15) is 5.00 Å². The number of carbonyl (C=O) groups is 2. The van der Waals surface area contributed by atoms with Crippen LogP contribution in [0.25, 0.3) is 11.1 Å². The van der Waals surface area contributed by atoms with Gasteiger partial charge in [0, 0.05) is 16.9 Å². The molecule has 1 fully saturated rings. The average molecular weight is 356 g/mol. The first-order valence-electron chi connectivity index (χ1n) is 8.84. The van der Waals surface area contributed by atoms with Crippen molar-refractivity contribution in [3.8, 4) is 11.1 Å². The standard InChI is InChI=1S/C20H24N2O2S/c1-13-17(15-9-3-2-4-10-15)18(19(21)24)20(25-13)22-16(23)12-11-14-7-5-6-8-14/h2-4,9-10,14H,5-8,11-12H2,1H3,(H2,21,24)(H,22,23). The largest absolute Gasteiger partial charge is 0.365 e. The monoisotopic (exact) mass is 356 g/mol. The lowest BCUT2D eigenvalue weighted by molar-refractivity contribution is -0.116. The zero-order valence-corrected chi connectivity index (χ0v) is 15.3. The van der Waals surface area contributed by atoms with E-state index in [2.05, 4.69) is 5.32 Å². The van der Waals surface area contributed by atoms with Gasteiger partial charge >= 0.3 is 0 Å². The number of aryl methyl sites for hydroxylation is 1. The van der Waals surface area contributed by atoms with E-state index in [9.17, 15) is 9.59 Å². The maximum Gasteiger partial charge on any atom is 0.252 e.